The Kier molecular flexibility index (Phi) is 2.75. The third-order valence-electron chi connectivity index (χ3n) is 3.34. The van der Waals surface area contributed by atoms with Crippen LogP contribution in [-0.4, -0.2) is 10.9 Å². The quantitative estimate of drug-likeness (QED) is 0.710. The van der Waals surface area contributed by atoms with E-state index in [0.29, 0.717) is 23.0 Å². The van der Waals surface area contributed by atoms with Crippen molar-refractivity contribution >= 4 is 27.5 Å². The van der Waals surface area contributed by atoms with Gasteiger partial charge in [0.05, 0.1) is 5.56 Å². The lowest BCUT2D eigenvalue weighted by molar-refractivity contribution is 0.0982. The number of benzene rings is 2. The summed E-state index contributed by atoms with van der Waals surface area (Å²) in [5.74, 6) is 0.228. The number of fused-ring (bicyclic) bond motifs is 3. The van der Waals surface area contributed by atoms with E-state index in [2.05, 4.69) is 0 Å². The molecule has 0 saturated heterocycles. The molecule has 0 fully saturated rings. The summed E-state index contributed by atoms with van der Waals surface area (Å²) in [7, 11) is 0. The first kappa shape index (κ1) is 11.8. The van der Waals surface area contributed by atoms with Crippen LogP contribution < -0.4 is 0 Å². The van der Waals surface area contributed by atoms with Crippen LogP contribution in [0.5, 0.6) is 5.75 Å². The Labute approximate surface area is 110 Å². The molecule has 3 rings (SSSR count). The van der Waals surface area contributed by atoms with E-state index in [1.54, 1.807) is 6.07 Å². The summed E-state index contributed by atoms with van der Waals surface area (Å²) in [5.41, 5.74) is 1.21. The third-order valence-corrected chi connectivity index (χ3v) is 3.34. The molecule has 96 valence electrons. The standard InChI is InChI=1S/C16H14O3/c1-2-5-14(17)13-9-19-16-11-7-4-3-6-10(11)15(18)8-12(13)16/h3-4,6-9,18H,2,5H2,1H3. The van der Waals surface area contributed by atoms with E-state index < -0.39 is 0 Å². The van der Waals surface area contributed by atoms with Gasteiger partial charge in [-0.15, -0.1) is 0 Å². The third kappa shape index (κ3) is 1.78. The monoisotopic (exact) mass is 254 g/mol. The molecule has 0 aliphatic carbocycles. The van der Waals surface area contributed by atoms with Crippen LogP contribution in [0, 0.1) is 0 Å². The summed E-state index contributed by atoms with van der Waals surface area (Å²) in [4.78, 5) is 12.0. The van der Waals surface area contributed by atoms with Crippen molar-refractivity contribution in [3.05, 3.63) is 42.2 Å². The molecule has 0 saturated carbocycles. The first-order chi connectivity index (χ1) is 9.22. The summed E-state index contributed by atoms with van der Waals surface area (Å²) in [6.07, 6.45) is 2.78. The molecule has 3 heteroatoms. The van der Waals surface area contributed by atoms with Crippen LogP contribution in [0.25, 0.3) is 21.7 Å². The van der Waals surface area contributed by atoms with E-state index in [4.69, 9.17) is 4.42 Å². The van der Waals surface area contributed by atoms with Gasteiger partial charge in [0.25, 0.3) is 0 Å². The van der Waals surface area contributed by atoms with Gasteiger partial charge >= 0.3 is 0 Å². The molecule has 1 N–H and O–H groups in total. The van der Waals surface area contributed by atoms with Crippen molar-refractivity contribution in [3.63, 3.8) is 0 Å². The number of phenols is 1. The maximum atomic E-state index is 12.0. The van der Waals surface area contributed by atoms with Gasteiger partial charge in [0.2, 0.25) is 0 Å². The van der Waals surface area contributed by atoms with E-state index in [9.17, 15) is 9.90 Å². The molecule has 0 bridgehead atoms. The van der Waals surface area contributed by atoms with E-state index >= 15 is 0 Å². The van der Waals surface area contributed by atoms with Gasteiger partial charge in [0.1, 0.15) is 17.6 Å². The zero-order chi connectivity index (χ0) is 13.4. The number of hydrogen-bond acceptors (Lipinski definition) is 3. The topological polar surface area (TPSA) is 50.4 Å². The molecule has 0 amide bonds. The number of Topliss-reactive ketones (excluding diaryl/α,β-unsaturated/α-hetero) is 1. The smallest absolute Gasteiger partial charge is 0.166 e. The number of ketones is 1. The van der Waals surface area contributed by atoms with Gasteiger partial charge < -0.3 is 9.52 Å². The number of furan rings is 1. The van der Waals surface area contributed by atoms with Crippen LogP contribution in [-0.2, 0) is 0 Å². The predicted molar refractivity (Wildman–Crippen MR) is 74.6 cm³/mol. The van der Waals surface area contributed by atoms with Crippen molar-refractivity contribution in [1.82, 2.24) is 0 Å². The van der Waals surface area contributed by atoms with Crippen LogP contribution in [0.4, 0.5) is 0 Å². The number of carbonyl (C=O) groups excluding carboxylic acids is 1. The van der Waals surface area contributed by atoms with E-state index in [-0.39, 0.29) is 11.5 Å². The van der Waals surface area contributed by atoms with Crippen molar-refractivity contribution in [2.75, 3.05) is 0 Å². The highest BCUT2D eigenvalue weighted by molar-refractivity contribution is 6.15. The van der Waals surface area contributed by atoms with E-state index in [0.717, 1.165) is 17.2 Å². The first-order valence-corrected chi connectivity index (χ1v) is 6.37. The SMILES string of the molecule is CCCC(=O)c1coc2c1cc(O)c1ccccc12. The highest BCUT2D eigenvalue weighted by Crippen LogP contribution is 2.35. The number of phenolic OH excluding ortho intramolecular Hbond substituents is 1. The fourth-order valence-corrected chi connectivity index (χ4v) is 2.42. The predicted octanol–water partition coefficient (Wildman–Crippen LogP) is 4.27. The number of hydrogen-bond donors (Lipinski definition) is 1. The molecule has 19 heavy (non-hydrogen) atoms. The Bertz CT molecular complexity index is 768. The lowest BCUT2D eigenvalue weighted by atomic mass is 10.0. The van der Waals surface area contributed by atoms with E-state index in [1.165, 1.54) is 6.26 Å². The van der Waals surface area contributed by atoms with Crippen LogP contribution in [0.2, 0.25) is 0 Å². The minimum Gasteiger partial charge on any atom is -0.507 e. The maximum absolute atomic E-state index is 12.0. The summed E-state index contributed by atoms with van der Waals surface area (Å²) in [6, 6.07) is 9.08. The van der Waals surface area contributed by atoms with Gasteiger partial charge in [0.15, 0.2) is 5.78 Å². The van der Waals surface area contributed by atoms with Gasteiger partial charge in [-0.05, 0) is 12.5 Å². The van der Waals surface area contributed by atoms with Crippen molar-refractivity contribution in [2.45, 2.75) is 19.8 Å². The minimum absolute atomic E-state index is 0.0518. The number of carbonyl (C=O) groups is 1. The average molecular weight is 254 g/mol. The second-order valence-corrected chi connectivity index (χ2v) is 4.64. The minimum atomic E-state index is 0.0518. The van der Waals surface area contributed by atoms with Crippen LogP contribution in [0.1, 0.15) is 30.1 Å². The molecule has 0 radical (unpaired) electrons. The van der Waals surface area contributed by atoms with Crippen molar-refractivity contribution in [3.8, 4) is 5.75 Å². The Morgan fingerprint density at radius 2 is 1.95 bits per heavy atom. The molecular weight excluding hydrogens is 240 g/mol. The molecular formula is C16H14O3. The Morgan fingerprint density at radius 3 is 2.68 bits per heavy atom. The molecule has 1 aromatic heterocycles. The molecule has 0 atom stereocenters. The fraction of sp³-hybridized carbons (Fsp3) is 0.188. The second-order valence-electron chi connectivity index (χ2n) is 4.64. The van der Waals surface area contributed by atoms with Crippen molar-refractivity contribution in [2.24, 2.45) is 0 Å². The van der Waals surface area contributed by atoms with Gasteiger partial charge in [-0.2, -0.15) is 0 Å². The highest BCUT2D eigenvalue weighted by atomic mass is 16.3. The van der Waals surface area contributed by atoms with E-state index in [1.807, 2.05) is 31.2 Å². The van der Waals surface area contributed by atoms with Crippen LogP contribution >= 0.6 is 0 Å². The highest BCUT2D eigenvalue weighted by Gasteiger charge is 2.16. The zero-order valence-electron chi connectivity index (χ0n) is 10.6. The number of rotatable bonds is 3. The second kappa shape index (κ2) is 4.43. The lowest BCUT2D eigenvalue weighted by Gasteiger charge is -2.02. The first-order valence-electron chi connectivity index (χ1n) is 6.37. The molecule has 0 unspecified atom stereocenters. The molecule has 0 aliphatic rings. The van der Waals surface area contributed by atoms with Gasteiger partial charge in [-0.25, -0.2) is 0 Å². The normalized spacial score (nSPS) is 11.2. The van der Waals surface area contributed by atoms with Crippen molar-refractivity contribution in [1.29, 1.82) is 0 Å². The van der Waals surface area contributed by atoms with Crippen molar-refractivity contribution < 1.29 is 14.3 Å². The summed E-state index contributed by atoms with van der Waals surface area (Å²) in [5, 5.41) is 12.3. The fourth-order valence-electron chi connectivity index (χ4n) is 2.42. The van der Waals surface area contributed by atoms with Gasteiger partial charge in [-0.1, -0.05) is 31.2 Å². The summed E-state index contributed by atoms with van der Waals surface area (Å²) >= 11 is 0. The Hall–Kier alpha value is -2.29. The largest absolute Gasteiger partial charge is 0.507 e. The average Bonchev–Trinajstić information content (AvgIpc) is 2.83. The molecule has 0 spiro atoms. The Morgan fingerprint density at radius 1 is 1.21 bits per heavy atom. The van der Waals surface area contributed by atoms with Crippen LogP contribution in [0.3, 0.4) is 0 Å². The molecule has 1 heterocycles. The molecule has 3 aromatic rings. The Balaban J connectivity index is 2.33. The zero-order valence-corrected chi connectivity index (χ0v) is 10.6. The summed E-state index contributed by atoms with van der Waals surface area (Å²) in [6.45, 7) is 1.97. The molecule has 3 nitrogen and oxygen atoms in total. The van der Waals surface area contributed by atoms with Crippen LogP contribution in [0.15, 0.2) is 41.0 Å². The number of aromatic hydroxyl groups is 1. The maximum Gasteiger partial charge on any atom is 0.166 e. The van der Waals surface area contributed by atoms with Gasteiger partial charge in [0, 0.05) is 22.6 Å². The van der Waals surface area contributed by atoms with Gasteiger partial charge in [-0.3, -0.25) is 4.79 Å². The molecule has 2 aromatic carbocycles. The molecule has 0 aliphatic heterocycles. The lowest BCUT2D eigenvalue weighted by Crippen LogP contribution is -1.96. The summed E-state index contributed by atoms with van der Waals surface area (Å²) < 4.78 is 5.55.